The number of nitrogens with one attached hydrogen (secondary N) is 1. The summed E-state index contributed by atoms with van der Waals surface area (Å²) in [5.74, 6) is 0.518. The lowest BCUT2D eigenvalue weighted by atomic mass is 10.0. The number of aromatic amines is 1. The fourth-order valence-corrected chi connectivity index (χ4v) is 4.08. The van der Waals surface area contributed by atoms with Gasteiger partial charge in [-0.1, -0.05) is 23.4 Å². The van der Waals surface area contributed by atoms with Crippen LogP contribution in [0.3, 0.4) is 0 Å². The van der Waals surface area contributed by atoms with Gasteiger partial charge in [0.1, 0.15) is 5.52 Å². The van der Waals surface area contributed by atoms with Crippen LogP contribution in [-0.2, 0) is 4.79 Å². The second kappa shape index (κ2) is 6.63. The lowest BCUT2D eigenvalue weighted by molar-refractivity contribution is -0.131. The van der Waals surface area contributed by atoms with Crippen molar-refractivity contribution >= 4 is 39.7 Å². The van der Waals surface area contributed by atoms with Crippen molar-refractivity contribution in [1.29, 1.82) is 0 Å². The fourth-order valence-electron chi connectivity index (χ4n) is 3.41. The summed E-state index contributed by atoms with van der Waals surface area (Å²) in [6.45, 7) is 5.04. The number of rotatable bonds is 3. The molecule has 4 rings (SSSR count). The number of hydrogen-bond acceptors (Lipinski definition) is 5. The van der Waals surface area contributed by atoms with Crippen LogP contribution in [0.2, 0.25) is 0 Å². The van der Waals surface area contributed by atoms with Crippen molar-refractivity contribution in [2.75, 3.05) is 12.3 Å². The van der Waals surface area contributed by atoms with E-state index >= 15 is 0 Å². The predicted molar refractivity (Wildman–Crippen MR) is 99.7 cm³/mol. The summed E-state index contributed by atoms with van der Waals surface area (Å²) in [7, 11) is 0. The molecule has 1 fully saturated rings. The van der Waals surface area contributed by atoms with Gasteiger partial charge in [-0.2, -0.15) is 0 Å². The summed E-state index contributed by atoms with van der Waals surface area (Å²) in [5.41, 5.74) is 3.67. The van der Waals surface area contributed by atoms with E-state index in [1.807, 2.05) is 11.0 Å². The molecule has 3 heterocycles. The quantitative estimate of drug-likeness (QED) is 0.730. The van der Waals surface area contributed by atoms with Gasteiger partial charge in [-0.25, -0.2) is 4.98 Å². The zero-order chi connectivity index (χ0) is 17.4. The number of piperidine rings is 1. The second-order valence-electron chi connectivity index (χ2n) is 6.69. The van der Waals surface area contributed by atoms with Gasteiger partial charge in [0.25, 0.3) is 0 Å². The number of likely N-dealkylation sites (tertiary alicyclic amines) is 1. The molecule has 0 aliphatic carbocycles. The average Bonchev–Trinajstić information content (AvgIpc) is 2.97. The van der Waals surface area contributed by atoms with Crippen molar-refractivity contribution in [1.82, 2.24) is 25.1 Å². The molecule has 1 aliphatic rings. The fraction of sp³-hybridized carbons (Fsp3) is 0.444. The molecule has 1 aromatic carbocycles. The van der Waals surface area contributed by atoms with Gasteiger partial charge in [0.05, 0.1) is 5.75 Å². The van der Waals surface area contributed by atoms with Crippen LogP contribution in [0.1, 0.15) is 31.7 Å². The molecule has 6 nitrogen and oxygen atoms in total. The first-order valence-corrected chi connectivity index (χ1v) is 9.65. The van der Waals surface area contributed by atoms with Crippen LogP contribution in [0.25, 0.3) is 22.1 Å². The molecule has 0 unspecified atom stereocenters. The second-order valence-corrected chi connectivity index (χ2v) is 7.63. The molecule has 25 heavy (non-hydrogen) atoms. The highest BCUT2D eigenvalue weighted by atomic mass is 32.2. The largest absolute Gasteiger partial charge is 0.339 e. The molecular weight excluding hydrogens is 334 g/mol. The standard InChI is InChI=1S/C18H21N5OS/c1-11-6-7-14-13(9-11)16-17(19-14)20-18(22-21-16)25-10-15(24)23-8-4-3-5-12(23)2/h6-7,9,12H,3-5,8,10H2,1-2H3,(H,19,20,22)/t12-/m1/s1. The molecule has 1 atom stereocenters. The number of carbonyl (C=O) groups is 1. The van der Waals surface area contributed by atoms with Gasteiger partial charge in [-0.15, -0.1) is 10.2 Å². The van der Waals surface area contributed by atoms with E-state index in [9.17, 15) is 4.79 Å². The molecular formula is C18H21N5OS. The van der Waals surface area contributed by atoms with Crippen LogP contribution in [0, 0.1) is 6.92 Å². The minimum atomic E-state index is 0.160. The van der Waals surface area contributed by atoms with Gasteiger partial charge in [-0.3, -0.25) is 4.79 Å². The molecule has 1 amide bonds. The summed E-state index contributed by atoms with van der Waals surface area (Å²) in [5, 5.41) is 10.1. The SMILES string of the molecule is Cc1ccc2[nH]c3nc(SCC(=O)N4CCCC[C@H]4C)nnc3c2c1. The minimum Gasteiger partial charge on any atom is -0.339 e. The number of fused-ring (bicyclic) bond motifs is 3. The number of nitrogens with zero attached hydrogens (tertiary/aromatic N) is 4. The summed E-state index contributed by atoms with van der Waals surface area (Å²) in [6.07, 6.45) is 3.40. The maximum atomic E-state index is 12.4. The molecule has 2 aromatic heterocycles. The van der Waals surface area contributed by atoms with Crippen molar-refractivity contribution in [3.63, 3.8) is 0 Å². The average molecular weight is 355 g/mol. The molecule has 0 radical (unpaired) electrons. The third-order valence-corrected chi connectivity index (χ3v) is 5.62. The van der Waals surface area contributed by atoms with Crippen LogP contribution in [0.15, 0.2) is 23.4 Å². The zero-order valence-corrected chi connectivity index (χ0v) is 15.3. The molecule has 1 aliphatic heterocycles. The number of hydrogen-bond donors (Lipinski definition) is 1. The Hall–Kier alpha value is -2.15. The molecule has 1 saturated heterocycles. The third kappa shape index (κ3) is 3.20. The molecule has 1 N–H and O–H groups in total. The Bertz CT molecular complexity index is 938. The van der Waals surface area contributed by atoms with Gasteiger partial charge in [0, 0.05) is 23.5 Å². The number of benzene rings is 1. The highest BCUT2D eigenvalue weighted by molar-refractivity contribution is 7.99. The number of thioether (sulfide) groups is 1. The van der Waals surface area contributed by atoms with Crippen molar-refractivity contribution < 1.29 is 4.79 Å². The number of carbonyl (C=O) groups excluding carboxylic acids is 1. The van der Waals surface area contributed by atoms with E-state index in [0.717, 1.165) is 41.5 Å². The Morgan fingerprint density at radius 1 is 1.36 bits per heavy atom. The van der Waals surface area contributed by atoms with Crippen LogP contribution in [0.4, 0.5) is 0 Å². The molecule has 130 valence electrons. The summed E-state index contributed by atoms with van der Waals surface area (Å²) >= 11 is 1.36. The van der Waals surface area contributed by atoms with E-state index < -0.39 is 0 Å². The van der Waals surface area contributed by atoms with E-state index in [1.54, 1.807) is 0 Å². The molecule has 0 spiro atoms. The number of aryl methyl sites for hydroxylation is 1. The zero-order valence-electron chi connectivity index (χ0n) is 14.5. The van der Waals surface area contributed by atoms with E-state index in [-0.39, 0.29) is 5.91 Å². The van der Waals surface area contributed by atoms with Gasteiger partial charge in [-0.05, 0) is 45.2 Å². The van der Waals surface area contributed by atoms with E-state index in [1.165, 1.54) is 23.7 Å². The van der Waals surface area contributed by atoms with Crippen molar-refractivity contribution in [2.45, 2.75) is 44.3 Å². The van der Waals surface area contributed by atoms with Gasteiger partial charge in [0.15, 0.2) is 5.65 Å². The molecule has 0 bridgehead atoms. The lowest BCUT2D eigenvalue weighted by Gasteiger charge is -2.33. The summed E-state index contributed by atoms with van der Waals surface area (Å²) in [6, 6.07) is 6.50. The molecule has 7 heteroatoms. The maximum absolute atomic E-state index is 12.4. The topological polar surface area (TPSA) is 74.8 Å². The summed E-state index contributed by atoms with van der Waals surface area (Å²) < 4.78 is 0. The van der Waals surface area contributed by atoms with Gasteiger partial charge >= 0.3 is 0 Å². The van der Waals surface area contributed by atoms with E-state index in [4.69, 9.17) is 0 Å². The Morgan fingerprint density at radius 2 is 2.24 bits per heavy atom. The molecule has 3 aromatic rings. The number of H-pyrrole nitrogens is 1. The van der Waals surface area contributed by atoms with Crippen molar-refractivity contribution in [2.24, 2.45) is 0 Å². The monoisotopic (exact) mass is 355 g/mol. The smallest absolute Gasteiger partial charge is 0.233 e. The first-order valence-electron chi connectivity index (χ1n) is 8.67. The van der Waals surface area contributed by atoms with Gasteiger partial charge in [0.2, 0.25) is 11.1 Å². The maximum Gasteiger partial charge on any atom is 0.233 e. The first kappa shape index (κ1) is 16.3. The first-order chi connectivity index (χ1) is 12.1. The van der Waals surface area contributed by atoms with Crippen LogP contribution >= 0.6 is 11.8 Å². The van der Waals surface area contributed by atoms with Crippen molar-refractivity contribution in [3.8, 4) is 0 Å². The third-order valence-electron chi connectivity index (χ3n) is 4.80. The predicted octanol–water partition coefficient (Wildman–Crippen LogP) is 3.31. The van der Waals surface area contributed by atoms with Crippen LogP contribution in [0.5, 0.6) is 0 Å². The number of aromatic nitrogens is 4. The van der Waals surface area contributed by atoms with E-state index in [0.29, 0.717) is 17.0 Å². The normalized spacial score (nSPS) is 18.2. The Balaban J connectivity index is 1.52. The van der Waals surface area contributed by atoms with Crippen LogP contribution < -0.4 is 0 Å². The minimum absolute atomic E-state index is 0.160. The summed E-state index contributed by atoms with van der Waals surface area (Å²) in [4.78, 5) is 22.2. The van der Waals surface area contributed by atoms with Gasteiger partial charge < -0.3 is 9.88 Å². The number of amides is 1. The molecule has 0 saturated carbocycles. The van der Waals surface area contributed by atoms with E-state index in [2.05, 4.69) is 46.1 Å². The lowest BCUT2D eigenvalue weighted by Crippen LogP contribution is -2.42. The Morgan fingerprint density at radius 3 is 3.08 bits per heavy atom. The van der Waals surface area contributed by atoms with Crippen LogP contribution in [-0.4, -0.2) is 49.3 Å². The van der Waals surface area contributed by atoms with Crippen molar-refractivity contribution in [3.05, 3.63) is 23.8 Å². The Kier molecular flexibility index (Phi) is 4.33. The highest BCUT2D eigenvalue weighted by Gasteiger charge is 2.23. The highest BCUT2D eigenvalue weighted by Crippen LogP contribution is 2.25. The Labute approximate surface area is 150 Å².